The highest BCUT2D eigenvalue weighted by atomic mass is 16.4. The van der Waals surface area contributed by atoms with Crippen LogP contribution in [0.25, 0.3) is 0 Å². The third-order valence-corrected chi connectivity index (χ3v) is 3.93. The SMILES string of the molecule is CCN1CCCC1CN(C)c1ccc(C(N)=NO)cn1. The van der Waals surface area contributed by atoms with Crippen molar-refractivity contribution in [3.63, 3.8) is 0 Å². The van der Waals surface area contributed by atoms with Crippen LogP contribution in [0.5, 0.6) is 0 Å². The molecule has 0 amide bonds. The highest BCUT2D eigenvalue weighted by Gasteiger charge is 2.24. The number of pyridine rings is 1. The van der Waals surface area contributed by atoms with Crippen LogP contribution < -0.4 is 10.6 Å². The molecule has 0 aromatic carbocycles. The van der Waals surface area contributed by atoms with Gasteiger partial charge in [0.25, 0.3) is 0 Å². The van der Waals surface area contributed by atoms with Crippen LogP contribution in [-0.4, -0.2) is 53.7 Å². The molecule has 110 valence electrons. The van der Waals surface area contributed by atoms with Crippen LogP contribution in [0.3, 0.4) is 0 Å². The summed E-state index contributed by atoms with van der Waals surface area (Å²) in [5, 5.41) is 11.6. The lowest BCUT2D eigenvalue weighted by Crippen LogP contribution is -2.39. The zero-order chi connectivity index (χ0) is 14.5. The summed E-state index contributed by atoms with van der Waals surface area (Å²) in [7, 11) is 2.05. The summed E-state index contributed by atoms with van der Waals surface area (Å²) in [5.41, 5.74) is 6.15. The average molecular weight is 277 g/mol. The van der Waals surface area contributed by atoms with E-state index in [1.165, 1.54) is 19.4 Å². The Morgan fingerprint density at radius 1 is 1.60 bits per heavy atom. The van der Waals surface area contributed by atoms with Crippen molar-refractivity contribution in [2.45, 2.75) is 25.8 Å². The number of rotatable bonds is 5. The Bertz CT molecular complexity index is 459. The van der Waals surface area contributed by atoms with Gasteiger partial charge in [-0.2, -0.15) is 0 Å². The molecule has 1 fully saturated rings. The van der Waals surface area contributed by atoms with Crippen molar-refractivity contribution in [3.8, 4) is 0 Å². The summed E-state index contributed by atoms with van der Waals surface area (Å²) < 4.78 is 0. The Hall–Kier alpha value is -1.82. The zero-order valence-electron chi connectivity index (χ0n) is 12.2. The fourth-order valence-corrected chi connectivity index (χ4v) is 2.75. The van der Waals surface area contributed by atoms with Crippen LogP contribution in [0.4, 0.5) is 5.82 Å². The molecule has 2 rings (SSSR count). The molecule has 0 spiro atoms. The molecule has 1 unspecified atom stereocenters. The predicted octanol–water partition coefficient (Wildman–Crippen LogP) is 1.10. The molecule has 3 N–H and O–H groups in total. The molecular formula is C14H23N5O. The number of amidine groups is 1. The molecule has 1 saturated heterocycles. The molecule has 6 nitrogen and oxygen atoms in total. The second kappa shape index (κ2) is 6.56. The van der Waals surface area contributed by atoms with Crippen molar-refractivity contribution in [1.82, 2.24) is 9.88 Å². The standard InChI is InChI=1S/C14H23N5O/c1-3-19-8-4-5-12(19)10-18(2)13-7-6-11(9-16-13)14(15)17-20/h6-7,9,12,20H,3-5,8,10H2,1-2H3,(H2,15,17). The van der Waals surface area contributed by atoms with Gasteiger partial charge in [0.2, 0.25) is 0 Å². The Morgan fingerprint density at radius 3 is 3.00 bits per heavy atom. The van der Waals surface area contributed by atoms with E-state index in [0.29, 0.717) is 11.6 Å². The molecule has 1 aromatic rings. The van der Waals surface area contributed by atoms with Gasteiger partial charge in [0, 0.05) is 31.4 Å². The normalized spacial score (nSPS) is 20.3. The number of hydrogen-bond acceptors (Lipinski definition) is 5. The molecule has 1 atom stereocenters. The number of likely N-dealkylation sites (tertiary alicyclic amines) is 1. The van der Waals surface area contributed by atoms with Crippen molar-refractivity contribution in [2.75, 3.05) is 31.6 Å². The molecule has 0 radical (unpaired) electrons. The average Bonchev–Trinajstić information content (AvgIpc) is 2.93. The molecule has 6 heteroatoms. The molecule has 1 aliphatic heterocycles. The minimum Gasteiger partial charge on any atom is -0.409 e. The Balaban J connectivity index is 2.00. The molecule has 0 bridgehead atoms. The van der Waals surface area contributed by atoms with Gasteiger partial charge in [0.15, 0.2) is 5.84 Å². The van der Waals surface area contributed by atoms with Gasteiger partial charge in [-0.05, 0) is 38.1 Å². The van der Waals surface area contributed by atoms with Crippen molar-refractivity contribution in [2.24, 2.45) is 10.9 Å². The maximum absolute atomic E-state index is 8.63. The van der Waals surface area contributed by atoms with Gasteiger partial charge in [-0.25, -0.2) is 4.98 Å². The van der Waals surface area contributed by atoms with E-state index >= 15 is 0 Å². The van der Waals surface area contributed by atoms with Crippen LogP contribution in [0.1, 0.15) is 25.3 Å². The largest absolute Gasteiger partial charge is 0.409 e. The quantitative estimate of drug-likeness (QED) is 0.365. The fraction of sp³-hybridized carbons (Fsp3) is 0.571. The molecule has 2 heterocycles. The number of oxime groups is 1. The van der Waals surface area contributed by atoms with Crippen LogP contribution in [0.15, 0.2) is 23.5 Å². The third kappa shape index (κ3) is 3.19. The summed E-state index contributed by atoms with van der Waals surface area (Å²) in [6, 6.07) is 4.33. The predicted molar refractivity (Wildman–Crippen MR) is 80.3 cm³/mol. The molecule has 20 heavy (non-hydrogen) atoms. The molecule has 1 aromatic heterocycles. The summed E-state index contributed by atoms with van der Waals surface area (Å²) in [5.74, 6) is 0.988. The van der Waals surface area contributed by atoms with Gasteiger partial charge in [-0.1, -0.05) is 12.1 Å². The highest BCUT2D eigenvalue weighted by Crippen LogP contribution is 2.19. The number of anilines is 1. The topological polar surface area (TPSA) is 78.0 Å². The van der Waals surface area contributed by atoms with Crippen molar-refractivity contribution in [1.29, 1.82) is 0 Å². The van der Waals surface area contributed by atoms with Crippen LogP contribution in [0.2, 0.25) is 0 Å². The molecule has 1 aliphatic rings. The van der Waals surface area contributed by atoms with Gasteiger partial charge in [0.1, 0.15) is 5.82 Å². The van der Waals surface area contributed by atoms with Crippen LogP contribution in [0, 0.1) is 0 Å². The van der Waals surface area contributed by atoms with Gasteiger partial charge < -0.3 is 15.8 Å². The van der Waals surface area contributed by atoms with Crippen molar-refractivity contribution in [3.05, 3.63) is 23.9 Å². The van der Waals surface area contributed by atoms with E-state index < -0.39 is 0 Å². The monoisotopic (exact) mass is 277 g/mol. The van der Waals surface area contributed by atoms with E-state index in [-0.39, 0.29) is 5.84 Å². The first-order valence-corrected chi connectivity index (χ1v) is 7.04. The summed E-state index contributed by atoms with van der Waals surface area (Å²) in [4.78, 5) is 9.05. The van der Waals surface area contributed by atoms with E-state index in [2.05, 4.69) is 33.9 Å². The van der Waals surface area contributed by atoms with Crippen LogP contribution >= 0.6 is 0 Å². The maximum Gasteiger partial charge on any atom is 0.171 e. The first-order chi connectivity index (χ1) is 9.65. The first-order valence-electron chi connectivity index (χ1n) is 7.04. The van der Waals surface area contributed by atoms with Gasteiger partial charge in [-0.3, -0.25) is 4.90 Å². The second-order valence-electron chi connectivity index (χ2n) is 5.20. The molecule has 0 aliphatic carbocycles. The lowest BCUT2D eigenvalue weighted by atomic mass is 10.2. The number of likely N-dealkylation sites (N-methyl/N-ethyl adjacent to an activating group) is 2. The maximum atomic E-state index is 8.63. The van der Waals surface area contributed by atoms with Crippen LogP contribution in [-0.2, 0) is 0 Å². The lowest BCUT2D eigenvalue weighted by Gasteiger charge is -2.28. The van der Waals surface area contributed by atoms with E-state index in [4.69, 9.17) is 10.9 Å². The lowest BCUT2D eigenvalue weighted by molar-refractivity contribution is 0.270. The highest BCUT2D eigenvalue weighted by molar-refractivity contribution is 5.96. The molecular weight excluding hydrogens is 254 g/mol. The number of hydrogen-bond donors (Lipinski definition) is 2. The fourth-order valence-electron chi connectivity index (χ4n) is 2.75. The van der Waals surface area contributed by atoms with Crippen molar-refractivity contribution < 1.29 is 5.21 Å². The van der Waals surface area contributed by atoms with E-state index in [1.54, 1.807) is 6.20 Å². The number of nitrogens with zero attached hydrogens (tertiary/aromatic N) is 4. The second-order valence-corrected chi connectivity index (χ2v) is 5.20. The Labute approximate surface area is 119 Å². The van der Waals surface area contributed by atoms with E-state index in [1.807, 2.05) is 12.1 Å². The van der Waals surface area contributed by atoms with Crippen molar-refractivity contribution >= 4 is 11.7 Å². The summed E-state index contributed by atoms with van der Waals surface area (Å²) in [6.07, 6.45) is 4.16. The number of aromatic nitrogens is 1. The minimum absolute atomic E-state index is 0.0830. The zero-order valence-corrected chi connectivity index (χ0v) is 12.2. The van der Waals surface area contributed by atoms with E-state index in [0.717, 1.165) is 18.9 Å². The van der Waals surface area contributed by atoms with Gasteiger partial charge in [-0.15, -0.1) is 0 Å². The Kier molecular flexibility index (Phi) is 4.79. The Morgan fingerprint density at radius 2 is 2.40 bits per heavy atom. The van der Waals surface area contributed by atoms with Gasteiger partial charge in [0.05, 0.1) is 0 Å². The summed E-state index contributed by atoms with van der Waals surface area (Å²) >= 11 is 0. The third-order valence-electron chi connectivity index (χ3n) is 3.93. The minimum atomic E-state index is 0.0830. The smallest absolute Gasteiger partial charge is 0.171 e. The molecule has 0 saturated carbocycles. The van der Waals surface area contributed by atoms with Gasteiger partial charge >= 0.3 is 0 Å². The number of nitrogens with two attached hydrogens (primary N) is 1. The van der Waals surface area contributed by atoms with E-state index in [9.17, 15) is 0 Å². The first kappa shape index (κ1) is 14.6. The summed E-state index contributed by atoms with van der Waals surface area (Å²) in [6.45, 7) is 5.49.